The van der Waals surface area contributed by atoms with Gasteiger partial charge in [-0.15, -0.1) is 0 Å². The van der Waals surface area contributed by atoms with Crippen LogP contribution in [0.3, 0.4) is 0 Å². The summed E-state index contributed by atoms with van der Waals surface area (Å²) in [5.74, 6) is -0.864. The Kier molecular flexibility index (Phi) is 6.70. The molecule has 33 heavy (non-hydrogen) atoms. The van der Waals surface area contributed by atoms with Crippen molar-refractivity contribution in [3.05, 3.63) is 108 Å². The molecular weight excluding hydrogens is 436 g/mol. The molecule has 0 unspecified atom stereocenters. The summed E-state index contributed by atoms with van der Waals surface area (Å²) >= 11 is 0. The second-order valence-corrected chi connectivity index (χ2v) is 10.1. The van der Waals surface area contributed by atoms with Crippen LogP contribution in [0.5, 0.6) is 0 Å². The number of pyridine rings is 1. The smallest absolute Gasteiger partial charge is 0.221 e. The number of aromatic nitrogens is 1. The molecule has 4 aromatic rings. The molecule has 6 nitrogen and oxygen atoms in total. The third-order valence-electron chi connectivity index (χ3n) is 5.39. The van der Waals surface area contributed by atoms with E-state index in [1.54, 1.807) is 6.07 Å². The van der Waals surface area contributed by atoms with Crippen molar-refractivity contribution >= 4 is 26.5 Å². The molecule has 0 radical (unpaired) electrons. The maximum atomic E-state index is 12.3. The topological polar surface area (TPSA) is 90.2 Å². The SMILES string of the molecule is O=C(CCS(=O)(=O)Cc1ccc[n+]([O-])c1)NCc1ccc(-c2ccc3ccccc3c2)cc1. The summed E-state index contributed by atoms with van der Waals surface area (Å²) < 4.78 is 25.1. The van der Waals surface area contributed by atoms with E-state index >= 15 is 0 Å². The van der Waals surface area contributed by atoms with Crippen molar-refractivity contribution in [1.82, 2.24) is 5.32 Å². The molecule has 1 N–H and O–H groups in total. The fourth-order valence-corrected chi connectivity index (χ4v) is 4.95. The number of nitrogens with zero attached hydrogens (tertiary/aromatic N) is 1. The number of amides is 1. The summed E-state index contributed by atoms with van der Waals surface area (Å²) in [6, 6.07) is 25.6. The largest absolute Gasteiger partial charge is 0.619 e. The van der Waals surface area contributed by atoms with Crippen LogP contribution in [0, 0.1) is 5.21 Å². The van der Waals surface area contributed by atoms with E-state index in [0.29, 0.717) is 16.8 Å². The van der Waals surface area contributed by atoms with Gasteiger partial charge >= 0.3 is 0 Å². The van der Waals surface area contributed by atoms with Gasteiger partial charge in [0.25, 0.3) is 0 Å². The first-order valence-corrected chi connectivity index (χ1v) is 12.4. The standard InChI is InChI=1S/C26H24N2O4S/c29-26(13-15-33(31,32)19-21-4-3-14-28(30)18-21)27-17-20-7-9-23(10-8-20)25-12-11-22-5-1-2-6-24(22)16-25/h1-12,14,16,18H,13,15,17,19H2,(H,27,29). The number of hydrogen-bond donors (Lipinski definition) is 1. The molecule has 7 heteroatoms. The number of benzene rings is 3. The molecule has 0 fully saturated rings. The zero-order valence-electron chi connectivity index (χ0n) is 18.0. The maximum Gasteiger partial charge on any atom is 0.221 e. The number of sulfone groups is 1. The first-order valence-electron chi connectivity index (χ1n) is 10.6. The molecule has 1 amide bonds. The van der Waals surface area contributed by atoms with Gasteiger partial charge in [0, 0.05) is 24.6 Å². The molecule has 1 aromatic heterocycles. The number of carbonyl (C=O) groups is 1. The lowest BCUT2D eigenvalue weighted by Crippen LogP contribution is -2.27. The highest BCUT2D eigenvalue weighted by atomic mass is 32.2. The minimum Gasteiger partial charge on any atom is -0.619 e. The Morgan fingerprint density at radius 3 is 2.33 bits per heavy atom. The van der Waals surface area contributed by atoms with Gasteiger partial charge in [-0.25, -0.2) is 8.42 Å². The quantitative estimate of drug-likeness (QED) is 0.320. The van der Waals surface area contributed by atoms with Crippen molar-refractivity contribution in [2.75, 3.05) is 5.75 Å². The third kappa shape index (κ3) is 6.17. The van der Waals surface area contributed by atoms with Crippen LogP contribution in [-0.4, -0.2) is 20.1 Å². The van der Waals surface area contributed by atoms with Gasteiger partial charge in [0.2, 0.25) is 5.91 Å². The molecule has 0 aliphatic rings. The van der Waals surface area contributed by atoms with Crippen LogP contribution in [0.4, 0.5) is 0 Å². The van der Waals surface area contributed by atoms with E-state index in [1.807, 2.05) is 36.4 Å². The van der Waals surface area contributed by atoms with Crippen LogP contribution >= 0.6 is 0 Å². The van der Waals surface area contributed by atoms with E-state index in [9.17, 15) is 18.4 Å². The van der Waals surface area contributed by atoms with E-state index in [1.165, 1.54) is 29.2 Å². The maximum absolute atomic E-state index is 12.3. The van der Waals surface area contributed by atoms with Crippen LogP contribution in [0.1, 0.15) is 17.5 Å². The first-order chi connectivity index (χ1) is 15.9. The molecule has 0 spiro atoms. The molecule has 4 rings (SSSR count). The van der Waals surface area contributed by atoms with Crippen molar-refractivity contribution in [2.45, 2.75) is 18.7 Å². The highest BCUT2D eigenvalue weighted by Gasteiger charge is 2.16. The fraction of sp³-hybridized carbons (Fsp3) is 0.154. The van der Waals surface area contributed by atoms with Crippen molar-refractivity contribution in [3.63, 3.8) is 0 Å². The van der Waals surface area contributed by atoms with Crippen molar-refractivity contribution in [2.24, 2.45) is 0 Å². The number of fused-ring (bicyclic) bond motifs is 1. The van der Waals surface area contributed by atoms with Crippen molar-refractivity contribution in [1.29, 1.82) is 0 Å². The van der Waals surface area contributed by atoms with Gasteiger partial charge in [-0.1, -0.05) is 60.7 Å². The van der Waals surface area contributed by atoms with Gasteiger partial charge in [0.1, 0.15) is 0 Å². The molecule has 3 aromatic carbocycles. The summed E-state index contributed by atoms with van der Waals surface area (Å²) in [6.07, 6.45) is 2.39. The summed E-state index contributed by atoms with van der Waals surface area (Å²) in [5.41, 5.74) is 3.54. The fourth-order valence-electron chi connectivity index (χ4n) is 3.63. The van der Waals surface area contributed by atoms with Gasteiger partial charge in [-0.3, -0.25) is 4.79 Å². The molecule has 0 bridgehead atoms. The minimum atomic E-state index is -3.49. The van der Waals surface area contributed by atoms with Crippen LogP contribution in [-0.2, 0) is 26.9 Å². The van der Waals surface area contributed by atoms with E-state index < -0.39 is 9.84 Å². The Bertz CT molecular complexity index is 1380. The normalized spacial score (nSPS) is 11.4. The van der Waals surface area contributed by atoms with Gasteiger partial charge < -0.3 is 10.5 Å². The van der Waals surface area contributed by atoms with Gasteiger partial charge in [0.15, 0.2) is 22.2 Å². The molecule has 0 aliphatic heterocycles. The van der Waals surface area contributed by atoms with Gasteiger partial charge in [-0.2, -0.15) is 4.73 Å². The second kappa shape index (κ2) is 9.83. The molecule has 0 saturated carbocycles. The Morgan fingerprint density at radius 2 is 1.58 bits per heavy atom. The van der Waals surface area contributed by atoms with E-state index in [4.69, 9.17) is 0 Å². The first kappa shape index (κ1) is 22.5. The molecule has 0 saturated heterocycles. The Balaban J connectivity index is 1.29. The van der Waals surface area contributed by atoms with Crippen LogP contribution in [0.2, 0.25) is 0 Å². The highest BCUT2D eigenvalue weighted by molar-refractivity contribution is 7.90. The summed E-state index contributed by atoms with van der Waals surface area (Å²) in [7, 11) is -3.49. The third-order valence-corrected chi connectivity index (χ3v) is 6.99. The lowest BCUT2D eigenvalue weighted by Gasteiger charge is -2.08. The van der Waals surface area contributed by atoms with E-state index in [0.717, 1.165) is 16.7 Å². The van der Waals surface area contributed by atoms with Gasteiger partial charge in [0.05, 0.1) is 11.5 Å². The highest BCUT2D eigenvalue weighted by Crippen LogP contribution is 2.24. The zero-order valence-corrected chi connectivity index (χ0v) is 18.8. The summed E-state index contributed by atoms with van der Waals surface area (Å²) in [6.45, 7) is 0.325. The monoisotopic (exact) mass is 460 g/mol. The lowest BCUT2D eigenvalue weighted by atomic mass is 10.0. The Morgan fingerprint density at radius 1 is 0.848 bits per heavy atom. The predicted octanol–water partition coefficient (Wildman–Crippen LogP) is 3.76. The molecule has 0 aliphatic carbocycles. The second-order valence-electron chi connectivity index (χ2n) is 7.95. The lowest BCUT2D eigenvalue weighted by molar-refractivity contribution is -0.605. The average Bonchev–Trinajstić information content (AvgIpc) is 2.81. The van der Waals surface area contributed by atoms with Gasteiger partial charge in [-0.05, 0) is 39.6 Å². The number of rotatable bonds is 8. The van der Waals surface area contributed by atoms with Crippen LogP contribution < -0.4 is 10.0 Å². The minimum absolute atomic E-state index is 0.123. The Hall–Kier alpha value is -3.71. The molecule has 168 valence electrons. The average molecular weight is 461 g/mol. The molecule has 1 heterocycles. The van der Waals surface area contributed by atoms with E-state index in [2.05, 4.69) is 35.6 Å². The number of hydrogen-bond acceptors (Lipinski definition) is 4. The number of carbonyl (C=O) groups excluding carboxylic acids is 1. The summed E-state index contributed by atoms with van der Waals surface area (Å²) in [5, 5.41) is 16.4. The van der Waals surface area contributed by atoms with E-state index in [-0.39, 0.29) is 23.8 Å². The van der Waals surface area contributed by atoms with Crippen molar-refractivity contribution in [3.8, 4) is 11.1 Å². The van der Waals surface area contributed by atoms with Crippen LogP contribution in [0.25, 0.3) is 21.9 Å². The van der Waals surface area contributed by atoms with Crippen molar-refractivity contribution < 1.29 is 17.9 Å². The Labute approximate surface area is 193 Å². The molecular formula is C26H24N2O4S. The summed E-state index contributed by atoms with van der Waals surface area (Å²) in [4.78, 5) is 12.2. The zero-order chi connectivity index (χ0) is 23.3. The van der Waals surface area contributed by atoms with Crippen LogP contribution in [0.15, 0.2) is 91.3 Å². The predicted molar refractivity (Wildman–Crippen MR) is 129 cm³/mol. The molecule has 0 atom stereocenters. The number of nitrogens with one attached hydrogen (secondary N) is 1.